The van der Waals surface area contributed by atoms with Gasteiger partial charge in [-0.05, 0) is 17.7 Å². The maximum absolute atomic E-state index is 11.4. The van der Waals surface area contributed by atoms with Crippen LogP contribution in [-0.2, 0) is 16.4 Å². The van der Waals surface area contributed by atoms with Gasteiger partial charge in [0.1, 0.15) is 0 Å². The molecule has 2 rings (SSSR count). The summed E-state index contributed by atoms with van der Waals surface area (Å²) in [6.45, 7) is 0.573. The van der Waals surface area contributed by atoms with Crippen LogP contribution >= 0.6 is 23.2 Å². The summed E-state index contributed by atoms with van der Waals surface area (Å²) in [5.41, 5.74) is 1.02. The normalized spacial score (nSPS) is 27.2. The molecule has 6 heteroatoms. The summed E-state index contributed by atoms with van der Waals surface area (Å²) in [7, 11) is -2.98. The Hall–Kier alpha value is -0.290. The average Bonchev–Trinajstić information content (AvgIpc) is 2.49. The fourth-order valence-electron chi connectivity index (χ4n) is 1.89. The predicted octanol–water partition coefficient (Wildman–Crippen LogP) is 1.83. The van der Waals surface area contributed by atoms with E-state index in [1.54, 1.807) is 6.07 Å². The van der Waals surface area contributed by atoms with Crippen molar-refractivity contribution in [2.75, 3.05) is 11.5 Å². The third-order valence-corrected chi connectivity index (χ3v) is 5.35. The van der Waals surface area contributed by atoms with Crippen molar-refractivity contribution in [3.8, 4) is 0 Å². The maximum atomic E-state index is 11.4. The first-order valence-corrected chi connectivity index (χ1v) is 7.92. The number of halogens is 2. The Balaban J connectivity index is 1.95. The van der Waals surface area contributed by atoms with Crippen LogP contribution in [0.25, 0.3) is 0 Å². The van der Waals surface area contributed by atoms with Crippen molar-refractivity contribution < 1.29 is 8.42 Å². The monoisotopic (exact) mass is 293 g/mol. The van der Waals surface area contributed by atoms with Gasteiger partial charge in [-0.1, -0.05) is 23.7 Å². The van der Waals surface area contributed by atoms with Gasteiger partial charge < -0.3 is 5.32 Å². The van der Waals surface area contributed by atoms with Crippen molar-refractivity contribution in [3.05, 3.63) is 34.9 Å². The first-order valence-electron chi connectivity index (χ1n) is 5.28. The van der Waals surface area contributed by atoms with E-state index in [1.165, 1.54) is 0 Å². The molecule has 0 radical (unpaired) electrons. The molecule has 2 atom stereocenters. The Morgan fingerprint density at radius 3 is 2.71 bits per heavy atom. The molecule has 17 heavy (non-hydrogen) atoms. The number of benzene rings is 1. The third kappa shape index (κ3) is 3.58. The lowest BCUT2D eigenvalue weighted by Crippen LogP contribution is -2.35. The molecule has 0 saturated carbocycles. The van der Waals surface area contributed by atoms with Gasteiger partial charge in [0.2, 0.25) is 0 Å². The Bertz CT molecular complexity index is 504. The first kappa shape index (κ1) is 13.1. The van der Waals surface area contributed by atoms with Gasteiger partial charge in [-0.3, -0.25) is 0 Å². The van der Waals surface area contributed by atoms with Crippen LogP contribution in [0.5, 0.6) is 0 Å². The van der Waals surface area contributed by atoms with Crippen LogP contribution < -0.4 is 5.32 Å². The minimum atomic E-state index is -2.98. The molecule has 1 heterocycles. The van der Waals surface area contributed by atoms with Gasteiger partial charge in [-0.25, -0.2) is 8.42 Å². The molecule has 1 aliphatic rings. The second-order valence-corrected chi connectivity index (χ2v) is 7.36. The summed E-state index contributed by atoms with van der Waals surface area (Å²) >= 11 is 11.9. The van der Waals surface area contributed by atoms with E-state index in [0.29, 0.717) is 11.6 Å². The molecule has 0 unspecified atom stereocenters. The van der Waals surface area contributed by atoms with Gasteiger partial charge in [0.15, 0.2) is 9.84 Å². The smallest absolute Gasteiger partial charge is 0.153 e. The maximum Gasteiger partial charge on any atom is 0.153 e. The molecule has 1 aliphatic heterocycles. The fourth-order valence-corrected chi connectivity index (χ4v) is 4.71. The number of hydrogen-bond donors (Lipinski definition) is 1. The molecule has 0 spiro atoms. The molecule has 94 valence electrons. The van der Waals surface area contributed by atoms with E-state index in [-0.39, 0.29) is 22.9 Å². The SMILES string of the molecule is O=S1(=O)C[C@H](NCc2cccc(Cl)c2)[C@@H](Cl)C1. The van der Waals surface area contributed by atoms with Crippen molar-refractivity contribution in [1.82, 2.24) is 5.32 Å². The van der Waals surface area contributed by atoms with E-state index in [1.807, 2.05) is 18.2 Å². The Labute approximate surface area is 111 Å². The van der Waals surface area contributed by atoms with E-state index >= 15 is 0 Å². The van der Waals surface area contributed by atoms with Crippen molar-refractivity contribution in [2.45, 2.75) is 18.0 Å². The Morgan fingerprint density at radius 1 is 1.35 bits per heavy atom. The Kier molecular flexibility index (Phi) is 3.98. The molecule has 0 amide bonds. The standard InChI is InChI=1S/C11H13Cl2NO2S/c12-9-3-1-2-8(4-9)5-14-11-7-17(15,16)6-10(11)13/h1-4,10-11,14H,5-7H2/t10-,11-/m0/s1. The molecule has 1 N–H and O–H groups in total. The lowest BCUT2D eigenvalue weighted by atomic mass is 10.2. The number of sulfone groups is 1. The molecule has 1 saturated heterocycles. The first-order chi connectivity index (χ1) is 7.96. The lowest BCUT2D eigenvalue weighted by Gasteiger charge is -2.14. The highest BCUT2D eigenvalue weighted by molar-refractivity contribution is 7.91. The zero-order chi connectivity index (χ0) is 12.5. The van der Waals surface area contributed by atoms with Crippen molar-refractivity contribution in [2.24, 2.45) is 0 Å². The minimum absolute atomic E-state index is 0.0573. The molecule has 0 aromatic heterocycles. The summed E-state index contributed by atoms with van der Waals surface area (Å²) < 4.78 is 22.7. The van der Waals surface area contributed by atoms with Gasteiger partial charge >= 0.3 is 0 Å². The van der Waals surface area contributed by atoms with Crippen molar-refractivity contribution in [3.63, 3.8) is 0 Å². The van der Waals surface area contributed by atoms with Crippen LogP contribution in [0.3, 0.4) is 0 Å². The van der Waals surface area contributed by atoms with Gasteiger partial charge in [0.25, 0.3) is 0 Å². The summed E-state index contributed by atoms with van der Waals surface area (Å²) in [5, 5.41) is 3.48. The topological polar surface area (TPSA) is 46.2 Å². The number of nitrogens with one attached hydrogen (secondary N) is 1. The van der Waals surface area contributed by atoms with Gasteiger partial charge in [0, 0.05) is 17.6 Å². The Morgan fingerprint density at radius 2 is 2.12 bits per heavy atom. The molecular formula is C11H13Cl2NO2S. The zero-order valence-corrected chi connectivity index (χ0v) is 11.4. The quantitative estimate of drug-likeness (QED) is 0.865. The van der Waals surface area contributed by atoms with Gasteiger partial charge in [-0.2, -0.15) is 0 Å². The van der Waals surface area contributed by atoms with Crippen molar-refractivity contribution >= 4 is 33.0 Å². The van der Waals surface area contributed by atoms with E-state index in [9.17, 15) is 8.42 Å². The van der Waals surface area contributed by atoms with Gasteiger partial charge in [-0.15, -0.1) is 11.6 Å². The highest BCUT2D eigenvalue weighted by atomic mass is 35.5. The van der Waals surface area contributed by atoms with E-state index < -0.39 is 9.84 Å². The highest BCUT2D eigenvalue weighted by Gasteiger charge is 2.35. The summed E-state index contributed by atoms with van der Waals surface area (Å²) in [6, 6.07) is 7.27. The van der Waals surface area contributed by atoms with E-state index in [0.717, 1.165) is 5.56 Å². The van der Waals surface area contributed by atoms with E-state index in [2.05, 4.69) is 5.32 Å². The van der Waals surface area contributed by atoms with Crippen LogP contribution in [0, 0.1) is 0 Å². The number of alkyl halides is 1. The van der Waals surface area contributed by atoms with Gasteiger partial charge in [0.05, 0.1) is 16.9 Å². The van der Waals surface area contributed by atoms with Crippen LogP contribution in [-0.4, -0.2) is 31.3 Å². The molecule has 1 aromatic carbocycles. The lowest BCUT2D eigenvalue weighted by molar-refractivity contribution is 0.558. The largest absolute Gasteiger partial charge is 0.307 e. The number of rotatable bonds is 3. The minimum Gasteiger partial charge on any atom is -0.307 e. The zero-order valence-electron chi connectivity index (χ0n) is 9.07. The van der Waals surface area contributed by atoms with Crippen LogP contribution in [0.15, 0.2) is 24.3 Å². The third-order valence-electron chi connectivity index (χ3n) is 2.74. The molecule has 1 fully saturated rings. The summed E-state index contributed by atoms with van der Waals surface area (Å²) in [5.74, 6) is 0.170. The second kappa shape index (κ2) is 5.14. The van der Waals surface area contributed by atoms with Crippen molar-refractivity contribution in [1.29, 1.82) is 0 Å². The molecule has 0 aliphatic carbocycles. The summed E-state index contributed by atoms with van der Waals surface area (Å²) in [6.07, 6.45) is 0. The summed E-state index contributed by atoms with van der Waals surface area (Å²) in [4.78, 5) is 0. The molecular weight excluding hydrogens is 281 g/mol. The predicted molar refractivity (Wildman–Crippen MR) is 70.4 cm³/mol. The van der Waals surface area contributed by atoms with Crippen LogP contribution in [0.2, 0.25) is 5.02 Å². The van der Waals surface area contributed by atoms with Crippen LogP contribution in [0.4, 0.5) is 0 Å². The van der Waals surface area contributed by atoms with Crippen LogP contribution in [0.1, 0.15) is 5.56 Å². The highest BCUT2D eigenvalue weighted by Crippen LogP contribution is 2.19. The van der Waals surface area contributed by atoms with E-state index in [4.69, 9.17) is 23.2 Å². The number of hydrogen-bond acceptors (Lipinski definition) is 3. The second-order valence-electron chi connectivity index (χ2n) is 4.21. The fraction of sp³-hybridized carbons (Fsp3) is 0.455. The average molecular weight is 294 g/mol. The molecule has 3 nitrogen and oxygen atoms in total. The molecule has 1 aromatic rings. The molecule has 0 bridgehead atoms.